The number of ether oxygens (including phenoxy) is 1. The normalized spacial score (nSPS) is 12.0. The molecule has 0 spiro atoms. The Hall–Kier alpha value is -2.75. The lowest BCUT2D eigenvalue weighted by atomic mass is 10.0. The van der Waals surface area contributed by atoms with Crippen molar-refractivity contribution in [3.8, 4) is 28.3 Å². The maximum Gasteiger partial charge on any atom is 0.159 e. The van der Waals surface area contributed by atoms with E-state index in [0.29, 0.717) is 5.75 Å². The Morgan fingerprint density at radius 1 is 0.800 bits per heavy atom. The predicted octanol–water partition coefficient (Wildman–Crippen LogP) is 7.06. The molecule has 2 aromatic carbocycles. The summed E-state index contributed by atoms with van der Waals surface area (Å²) in [5.41, 5.74) is 4.34. The first kappa shape index (κ1) is 21.9. The monoisotopic (exact) mass is 406 g/mol. The zero-order chi connectivity index (χ0) is 21.2. The first-order valence-corrected chi connectivity index (χ1v) is 10.9. The Kier molecular flexibility index (Phi) is 8.37. The van der Waals surface area contributed by atoms with Gasteiger partial charge >= 0.3 is 0 Å². The Morgan fingerprint density at radius 3 is 2.07 bits per heavy atom. The second kappa shape index (κ2) is 11.4. The first-order chi connectivity index (χ1) is 14.7. The highest BCUT2D eigenvalue weighted by atomic mass is 19.1. The Balaban J connectivity index is 1.57. The van der Waals surface area contributed by atoms with Crippen molar-refractivity contribution >= 4 is 0 Å². The number of aromatic nitrogens is 2. The van der Waals surface area contributed by atoms with E-state index in [-0.39, 0.29) is 6.61 Å². The second-order valence-corrected chi connectivity index (χ2v) is 7.77. The minimum Gasteiger partial charge on any atom is -0.491 e. The molecule has 1 atom stereocenters. The van der Waals surface area contributed by atoms with Crippen molar-refractivity contribution in [1.29, 1.82) is 0 Å². The number of unbranched alkanes of at least 4 members (excludes halogenated alkanes) is 4. The molecule has 0 bridgehead atoms. The van der Waals surface area contributed by atoms with Gasteiger partial charge in [0.1, 0.15) is 18.5 Å². The summed E-state index contributed by atoms with van der Waals surface area (Å²) in [7, 11) is 0. The van der Waals surface area contributed by atoms with Crippen molar-refractivity contribution in [1.82, 2.24) is 9.97 Å². The summed E-state index contributed by atoms with van der Waals surface area (Å²) < 4.78 is 18.3. The van der Waals surface area contributed by atoms with Gasteiger partial charge in [0, 0.05) is 23.5 Å². The number of rotatable bonds is 11. The average molecular weight is 407 g/mol. The smallest absolute Gasteiger partial charge is 0.159 e. The molecule has 0 aliphatic carbocycles. The first-order valence-electron chi connectivity index (χ1n) is 10.9. The number of nitrogens with zero attached hydrogens (tertiary/aromatic N) is 2. The van der Waals surface area contributed by atoms with Crippen molar-refractivity contribution in [3.05, 3.63) is 66.5 Å². The highest BCUT2D eigenvalue weighted by molar-refractivity contribution is 5.64. The highest BCUT2D eigenvalue weighted by Crippen LogP contribution is 2.23. The van der Waals surface area contributed by atoms with Crippen LogP contribution >= 0.6 is 0 Å². The molecule has 0 saturated carbocycles. The molecule has 4 heteroatoms. The van der Waals surface area contributed by atoms with Crippen molar-refractivity contribution < 1.29 is 9.13 Å². The lowest BCUT2D eigenvalue weighted by Crippen LogP contribution is -2.08. The van der Waals surface area contributed by atoms with Gasteiger partial charge in [-0.05, 0) is 43.0 Å². The van der Waals surface area contributed by atoms with E-state index in [1.54, 1.807) is 0 Å². The molecule has 0 N–H and O–H groups in total. The van der Waals surface area contributed by atoms with Crippen LogP contribution in [0.4, 0.5) is 4.39 Å². The molecule has 3 nitrogen and oxygen atoms in total. The molecule has 0 fully saturated rings. The summed E-state index contributed by atoms with van der Waals surface area (Å²) >= 11 is 0. The van der Waals surface area contributed by atoms with E-state index in [4.69, 9.17) is 4.74 Å². The molecule has 0 saturated heterocycles. The minimum absolute atomic E-state index is 0.0643. The molecule has 30 heavy (non-hydrogen) atoms. The third-order valence-corrected chi connectivity index (χ3v) is 5.10. The van der Waals surface area contributed by atoms with Gasteiger partial charge in [-0.15, -0.1) is 0 Å². The molecule has 0 radical (unpaired) electrons. The molecule has 3 aromatic rings. The van der Waals surface area contributed by atoms with Gasteiger partial charge in [0.25, 0.3) is 0 Å². The second-order valence-electron chi connectivity index (χ2n) is 7.77. The van der Waals surface area contributed by atoms with Crippen molar-refractivity contribution in [2.45, 2.75) is 58.5 Å². The molecule has 1 heterocycles. The third-order valence-electron chi connectivity index (χ3n) is 5.10. The fourth-order valence-electron chi connectivity index (χ4n) is 3.33. The van der Waals surface area contributed by atoms with Crippen LogP contribution < -0.4 is 4.74 Å². The number of hydrogen-bond acceptors (Lipinski definition) is 3. The van der Waals surface area contributed by atoms with Crippen LogP contribution in [-0.2, 0) is 6.42 Å². The largest absolute Gasteiger partial charge is 0.491 e. The maximum absolute atomic E-state index is 12.9. The Bertz CT molecular complexity index is 874. The number of halogens is 1. The van der Waals surface area contributed by atoms with E-state index in [2.05, 4.69) is 41.2 Å². The number of hydrogen-bond donors (Lipinski definition) is 0. The van der Waals surface area contributed by atoms with Crippen LogP contribution in [0.5, 0.6) is 5.75 Å². The van der Waals surface area contributed by atoms with E-state index in [9.17, 15) is 4.39 Å². The molecular weight excluding hydrogens is 375 g/mol. The summed E-state index contributed by atoms with van der Waals surface area (Å²) in [6.07, 6.45) is 10.3. The molecule has 3 rings (SSSR count). The van der Waals surface area contributed by atoms with Gasteiger partial charge in [-0.3, -0.25) is 0 Å². The zero-order valence-corrected chi connectivity index (χ0v) is 18.0. The Labute approximate surface area is 179 Å². The number of benzene rings is 2. The topological polar surface area (TPSA) is 35.0 Å². The number of alkyl halides is 1. The van der Waals surface area contributed by atoms with Gasteiger partial charge in [-0.2, -0.15) is 0 Å². The zero-order valence-electron chi connectivity index (χ0n) is 18.0. The fraction of sp³-hybridized carbons (Fsp3) is 0.385. The van der Waals surface area contributed by atoms with Crippen molar-refractivity contribution in [2.75, 3.05) is 6.61 Å². The van der Waals surface area contributed by atoms with E-state index in [0.717, 1.165) is 28.9 Å². The molecule has 158 valence electrons. The quantitative estimate of drug-likeness (QED) is 0.320. The van der Waals surface area contributed by atoms with E-state index < -0.39 is 6.17 Å². The van der Waals surface area contributed by atoms with Gasteiger partial charge in [0.15, 0.2) is 5.82 Å². The standard InChI is InChI=1S/C26H31FN2O/c1-3-4-5-6-7-8-21-9-11-23(12-10-21)26-28-17-24(18-29-26)22-13-15-25(16-14-22)30-19-20(2)27/h9-18,20H,3-8,19H2,1-2H3. The molecule has 1 unspecified atom stereocenters. The van der Waals surface area contributed by atoms with Gasteiger partial charge < -0.3 is 4.74 Å². The summed E-state index contributed by atoms with van der Waals surface area (Å²) in [4.78, 5) is 9.08. The molecule has 0 aliphatic heterocycles. The molecule has 0 amide bonds. The lowest BCUT2D eigenvalue weighted by molar-refractivity contribution is 0.210. The highest BCUT2D eigenvalue weighted by Gasteiger charge is 2.05. The lowest BCUT2D eigenvalue weighted by Gasteiger charge is -2.08. The van der Waals surface area contributed by atoms with Gasteiger partial charge in [0.2, 0.25) is 0 Å². The van der Waals surface area contributed by atoms with Crippen molar-refractivity contribution in [2.24, 2.45) is 0 Å². The molecule has 1 aromatic heterocycles. The summed E-state index contributed by atoms with van der Waals surface area (Å²) in [5.74, 6) is 1.39. The van der Waals surface area contributed by atoms with Crippen LogP contribution in [0.2, 0.25) is 0 Å². The SMILES string of the molecule is CCCCCCCc1ccc(-c2ncc(-c3ccc(OCC(C)F)cc3)cn2)cc1. The van der Waals surface area contributed by atoms with Crippen LogP contribution in [0.25, 0.3) is 22.5 Å². The average Bonchev–Trinajstić information content (AvgIpc) is 2.78. The van der Waals surface area contributed by atoms with Crippen LogP contribution in [0, 0.1) is 0 Å². The van der Waals surface area contributed by atoms with E-state index in [1.807, 2.05) is 36.7 Å². The summed E-state index contributed by atoms with van der Waals surface area (Å²) in [5, 5.41) is 0. The van der Waals surface area contributed by atoms with Crippen LogP contribution in [-0.4, -0.2) is 22.7 Å². The summed E-state index contributed by atoms with van der Waals surface area (Å²) in [6, 6.07) is 16.1. The minimum atomic E-state index is -0.981. The fourth-order valence-corrected chi connectivity index (χ4v) is 3.33. The molecule has 0 aliphatic rings. The van der Waals surface area contributed by atoms with Gasteiger partial charge in [0.05, 0.1) is 0 Å². The molecular formula is C26H31FN2O. The van der Waals surface area contributed by atoms with Crippen LogP contribution in [0.1, 0.15) is 51.5 Å². The van der Waals surface area contributed by atoms with Crippen molar-refractivity contribution in [3.63, 3.8) is 0 Å². The predicted molar refractivity (Wildman–Crippen MR) is 121 cm³/mol. The van der Waals surface area contributed by atoms with Crippen LogP contribution in [0.3, 0.4) is 0 Å². The van der Waals surface area contributed by atoms with Gasteiger partial charge in [-0.25, -0.2) is 14.4 Å². The maximum atomic E-state index is 12.9. The van der Waals surface area contributed by atoms with Crippen LogP contribution in [0.15, 0.2) is 60.9 Å². The summed E-state index contributed by atoms with van der Waals surface area (Å²) in [6.45, 7) is 3.79. The van der Waals surface area contributed by atoms with Gasteiger partial charge in [-0.1, -0.05) is 69.0 Å². The Morgan fingerprint density at radius 2 is 1.43 bits per heavy atom. The van der Waals surface area contributed by atoms with E-state index in [1.165, 1.54) is 44.6 Å². The third kappa shape index (κ3) is 6.65. The number of aryl methyl sites for hydroxylation is 1. The van der Waals surface area contributed by atoms with E-state index >= 15 is 0 Å².